The Bertz CT molecular complexity index is 1110. The third-order valence-corrected chi connectivity index (χ3v) is 7.21. The van der Waals surface area contributed by atoms with Gasteiger partial charge >= 0.3 is 5.97 Å². The summed E-state index contributed by atoms with van der Waals surface area (Å²) in [6.07, 6.45) is 8.37. The van der Waals surface area contributed by atoms with Crippen LogP contribution in [0.5, 0.6) is 0 Å². The zero-order chi connectivity index (χ0) is 28.2. The quantitative estimate of drug-likeness (QED) is 0.446. The van der Waals surface area contributed by atoms with Crippen molar-refractivity contribution in [1.29, 1.82) is 0 Å². The number of rotatable bonds is 9. The first-order valence-electron chi connectivity index (χ1n) is 13.8. The lowest BCUT2D eigenvalue weighted by Crippen LogP contribution is -2.36. The molecule has 1 unspecified atom stereocenters. The van der Waals surface area contributed by atoms with E-state index in [4.69, 9.17) is 10.5 Å². The highest BCUT2D eigenvalue weighted by atomic mass is 16.5. The molecule has 0 radical (unpaired) electrons. The first-order chi connectivity index (χ1) is 18.8. The molecule has 1 aliphatic carbocycles. The Labute approximate surface area is 231 Å². The minimum atomic E-state index is -0.335. The van der Waals surface area contributed by atoms with E-state index in [1.807, 2.05) is 68.4 Å². The van der Waals surface area contributed by atoms with Crippen LogP contribution in [0.1, 0.15) is 81.4 Å². The molecule has 1 saturated carbocycles. The smallest absolute Gasteiger partial charge is 0.305 e. The van der Waals surface area contributed by atoms with Gasteiger partial charge in [-0.3, -0.25) is 14.4 Å². The highest BCUT2D eigenvalue weighted by molar-refractivity contribution is 5.97. The Hall–Kier alpha value is -3.68. The summed E-state index contributed by atoms with van der Waals surface area (Å²) in [5.41, 5.74) is 8.14. The Kier molecular flexibility index (Phi) is 11.5. The highest BCUT2D eigenvalue weighted by Gasteiger charge is 2.24. The SMILES string of the molecule is CC(C)C(C(N)=O)c1ccc(CN2N=C(c3ccccc3)OCC2=O)cc1.COC(=O)CCC1CCCCC1. The van der Waals surface area contributed by atoms with Crippen LogP contribution in [0.4, 0.5) is 0 Å². The summed E-state index contributed by atoms with van der Waals surface area (Å²) in [4.78, 5) is 34.7. The van der Waals surface area contributed by atoms with Gasteiger partial charge in [0, 0.05) is 12.0 Å². The minimum absolute atomic E-state index is 0.0388. The van der Waals surface area contributed by atoms with E-state index in [0.29, 0.717) is 18.9 Å². The van der Waals surface area contributed by atoms with E-state index in [9.17, 15) is 14.4 Å². The highest BCUT2D eigenvalue weighted by Crippen LogP contribution is 2.27. The number of nitrogens with zero attached hydrogens (tertiary/aromatic N) is 2. The number of hydrazone groups is 1. The van der Waals surface area contributed by atoms with Gasteiger partial charge < -0.3 is 15.2 Å². The summed E-state index contributed by atoms with van der Waals surface area (Å²) in [6, 6.07) is 17.0. The van der Waals surface area contributed by atoms with Crippen LogP contribution in [0.25, 0.3) is 0 Å². The molecule has 4 rings (SSSR count). The van der Waals surface area contributed by atoms with Crippen LogP contribution in [0.15, 0.2) is 59.7 Å². The lowest BCUT2D eigenvalue weighted by Gasteiger charge is -2.24. The largest absolute Gasteiger partial charge is 0.469 e. The van der Waals surface area contributed by atoms with E-state index in [0.717, 1.165) is 29.0 Å². The Morgan fingerprint density at radius 3 is 2.31 bits per heavy atom. The molecule has 2 N–H and O–H groups in total. The van der Waals surface area contributed by atoms with E-state index in [1.165, 1.54) is 44.2 Å². The van der Waals surface area contributed by atoms with Crippen LogP contribution in [0.2, 0.25) is 0 Å². The number of methoxy groups -OCH3 is 1. The van der Waals surface area contributed by atoms with Crippen molar-refractivity contribution in [2.45, 2.75) is 71.3 Å². The van der Waals surface area contributed by atoms with E-state index >= 15 is 0 Å². The number of hydrogen-bond acceptors (Lipinski definition) is 6. The number of ether oxygens (including phenoxy) is 2. The second-order valence-corrected chi connectivity index (χ2v) is 10.5. The maximum absolute atomic E-state index is 12.2. The van der Waals surface area contributed by atoms with Crippen molar-refractivity contribution in [2.75, 3.05) is 13.7 Å². The zero-order valence-corrected chi connectivity index (χ0v) is 23.3. The standard InChI is InChI=1S/C21H23N3O3.C10H18O2/c1-14(2)19(20(22)26)16-10-8-15(9-11-16)12-24-18(25)13-27-21(23-24)17-6-4-3-5-7-17;1-12-10(11)8-7-9-5-3-2-4-6-9/h3-11,14,19H,12-13H2,1-2H3,(H2,22,26);9H,2-8H2,1H3. The fourth-order valence-corrected chi connectivity index (χ4v) is 5.03. The molecule has 1 atom stereocenters. The molecule has 0 spiro atoms. The van der Waals surface area contributed by atoms with Crippen molar-refractivity contribution in [3.05, 3.63) is 71.3 Å². The molecule has 2 amide bonds. The van der Waals surface area contributed by atoms with Gasteiger partial charge in [-0.05, 0) is 41.5 Å². The van der Waals surface area contributed by atoms with E-state index < -0.39 is 0 Å². The topological polar surface area (TPSA) is 111 Å². The molecule has 2 aliphatic rings. The van der Waals surface area contributed by atoms with Crippen molar-refractivity contribution in [3.63, 3.8) is 0 Å². The van der Waals surface area contributed by atoms with Gasteiger partial charge in [-0.15, -0.1) is 5.10 Å². The van der Waals surface area contributed by atoms with Crippen molar-refractivity contribution >= 4 is 23.7 Å². The Morgan fingerprint density at radius 2 is 1.72 bits per heavy atom. The summed E-state index contributed by atoms with van der Waals surface area (Å²) in [5.74, 6) is 0.423. The zero-order valence-electron chi connectivity index (χ0n) is 23.3. The fourth-order valence-electron chi connectivity index (χ4n) is 5.03. The van der Waals surface area contributed by atoms with Crippen LogP contribution in [-0.4, -0.2) is 42.4 Å². The van der Waals surface area contributed by atoms with Crippen molar-refractivity contribution in [2.24, 2.45) is 22.7 Å². The maximum Gasteiger partial charge on any atom is 0.305 e. The molecule has 2 aromatic carbocycles. The normalized spacial score (nSPS) is 16.5. The third kappa shape index (κ3) is 9.23. The predicted molar refractivity (Wildman–Crippen MR) is 151 cm³/mol. The summed E-state index contributed by atoms with van der Waals surface area (Å²) < 4.78 is 10.1. The lowest BCUT2D eigenvalue weighted by molar-refractivity contribution is -0.141. The fraction of sp³-hybridized carbons (Fsp3) is 0.484. The van der Waals surface area contributed by atoms with Crippen LogP contribution >= 0.6 is 0 Å². The molecule has 39 heavy (non-hydrogen) atoms. The van der Waals surface area contributed by atoms with E-state index in [-0.39, 0.29) is 36.2 Å². The first kappa shape index (κ1) is 29.9. The Morgan fingerprint density at radius 1 is 1.05 bits per heavy atom. The average Bonchev–Trinajstić information content (AvgIpc) is 2.95. The molecule has 1 heterocycles. The number of esters is 1. The summed E-state index contributed by atoms with van der Waals surface area (Å²) in [7, 11) is 1.46. The number of amides is 2. The molecule has 8 nitrogen and oxygen atoms in total. The summed E-state index contributed by atoms with van der Waals surface area (Å²) >= 11 is 0. The molecular formula is C31H41N3O5. The number of hydrogen-bond donors (Lipinski definition) is 1. The van der Waals surface area contributed by atoms with E-state index in [2.05, 4.69) is 9.84 Å². The molecular weight excluding hydrogens is 494 g/mol. The Balaban J connectivity index is 0.000000293. The second-order valence-electron chi connectivity index (χ2n) is 10.5. The average molecular weight is 536 g/mol. The first-order valence-corrected chi connectivity index (χ1v) is 13.8. The van der Waals surface area contributed by atoms with Crippen molar-refractivity contribution in [3.8, 4) is 0 Å². The number of nitrogens with two attached hydrogens (primary N) is 1. The summed E-state index contributed by atoms with van der Waals surface area (Å²) in [6.45, 7) is 4.23. The van der Waals surface area contributed by atoms with Crippen molar-refractivity contribution < 1.29 is 23.9 Å². The van der Waals surface area contributed by atoms with Crippen LogP contribution < -0.4 is 5.73 Å². The van der Waals surface area contributed by atoms with Crippen LogP contribution in [0, 0.1) is 11.8 Å². The van der Waals surface area contributed by atoms with Gasteiger partial charge in [0.15, 0.2) is 6.61 Å². The van der Waals surface area contributed by atoms with Crippen LogP contribution in [-0.2, 0) is 30.4 Å². The molecule has 0 bridgehead atoms. The van der Waals surface area contributed by atoms with Crippen LogP contribution in [0.3, 0.4) is 0 Å². The minimum Gasteiger partial charge on any atom is -0.469 e. The lowest BCUT2D eigenvalue weighted by atomic mass is 9.86. The van der Waals surface area contributed by atoms with Gasteiger partial charge in [-0.25, -0.2) is 5.01 Å². The molecule has 210 valence electrons. The molecule has 2 aromatic rings. The number of carbonyl (C=O) groups excluding carboxylic acids is 3. The second kappa shape index (κ2) is 15.0. The van der Waals surface area contributed by atoms with Gasteiger partial charge in [0.1, 0.15) is 0 Å². The van der Waals surface area contributed by atoms with Gasteiger partial charge in [0.05, 0.1) is 19.6 Å². The van der Waals surface area contributed by atoms with E-state index in [1.54, 1.807) is 0 Å². The number of carbonyl (C=O) groups is 3. The molecule has 1 aliphatic heterocycles. The monoisotopic (exact) mass is 535 g/mol. The molecule has 1 fully saturated rings. The van der Waals surface area contributed by atoms with Gasteiger partial charge in [-0.1, -0.05) is 88.4 Å². The number of primary amides is 1. The molecule has 8 heteroatoms. The number of benzene rings is 2. The summed E-state index contributed by atoms with van der Waals surface area (Å²) in [5, 5.41) is 5.76. The van der Waals surface area contributed by atoms with Gasteiger partial charge in [0.2, 0.25) is 11.8 Å². The molecule has 0 saturated heterocycles. The maximum atomic E-state index is 12.2. The predicted octanol–water partition coefficient (Wildman–Crippen LogP) is 5.15. The third-order valence-electron chi connectivity index (χ3n) is 7.21. The van der Waals surface area contributed by atoms with Gasteiger partial charge in [0.25, 0.3) is 5.91 Å². The molecule has 0 aromatic heterocycles. The van der Waals surface area contributed by atoms with Gasteiger partial charge in [-0.2, -0.15) is 0 Å². The van der Waals surface area contributed by atoms with Crippen molar-refractivity contribution in [1.82, 2.24) is 5.01 Å².